The Labute approximate surface area is 130 Å². The first-order chi connectivity index (χ1) is 10.4. The van der Waals surface area contributed by atoms with Crippen molar-refractivity contribution in [3.8, 4) is 0 Å². The van der Waals surface area contributed by atoms with Crippen molar-refractivity contribution in [2.24, 2.45) is 0 Å². The van der Waals surface area contributed by atoms with Crippen LogP contribution in [0.3, 0.4) is 0 Å². The van der Waals surface area contributed by atoms with Gasteiger partial charge in [-0.1, -0.05) is 36.9 Å². The minimum atomic E-state index is -4.44. The molecule has 3 nitrogen and oxygen atoms in total. The largest absolute Gasteiger partial charge is 0.416 e. The van der Waals surface area contributed by atoms with Crippen molar-refractivity contribution < 1.29 is 13.2 Å². The summed E-state index contributed by atoms with van der Waals surface area (Å²) in [6.07, 6.45) is -2.27. The van der Waals surface area contributed by atoms with Gasteiger partial charge in [-0.25, -0.2) is 4.98 Å². The monoisotopic (exact) mass is 328 g/mol. The second kappa shape index (κ2) is 6.56. The third-order valence-electron chi connectivity index (χ3n) is 3.30. The molecule has 0 atom stereocenters. The number of aromatic amines is 1. The van der Waals surface area contributed by atoms with Crippen LogP contribution in [0.5, 0.6) is 0 Å². The van der Waals surface area contributed by atoms with Gasteiger partial charge in [-0.3, -0.25) is 4.79 Å². The summed E-state index contributed by atoms with van der Waals surface area (Å²) in [7, 11) is 0. The predicted octanol–water partition coefficient (Wildman–Crippen LogP) is 3.66. The summed E-state index contributed by atoms with van der Waals surface area (Å²) in [4.78, 5) is 19.0. The van der Waals surface area contributed by atoms with Crippen LogP contribution >= 0.6 is 11.8 Å². The average molecular weight is 328 g/mol. The number of nitrogens with one attached hydrogen (secondary N) is 1. The maximum atomic E-state index is 13.0. The Bertz CT molecular complexity index is 725. The minimum absolute atomic E-state index is 0.0777. The Morgan fingerprint density at radius 2 is 1.95 bits per heavy atom. The van der Waals surface area contributed by atoms with Crippen molar-refractivity contribution in [2.45, 2.75) is 31.1 Å². The lowest BCUT2D eigenvalue weighted by molar-refractivity contribution is -0.138. The molecule has 2 rings (SSSR count). The number of H-pyrrole nitrogens is 1. The van der Waals surface area contributed by atoms with Crippen LogP contribution in [0.25, 0.3) is 0 Å². The number of hydrogen-bond acceptors (Lipinski definition) is 3. The number of hydrogen-bond donors (Lipinski definition) is 1. The lowest BCUT2D eigenvalue weighted by Crippen LogP contribution is -2.20. The third-order valence-corrected chi connectivity index (χ3v) is 3.88. The normalized spacial score (nSPS) is 11.7. The summed E-state index contributed by atoms with van der Waals surface area (Å²) in [5, 5.41) is 0.467. The van der Waals surface area contributed by atoms with Crippen molar-refractivity contribution in [3.63, 3.8) is 0 Å². The van der Waals surface area contributed by atoms with Gasteiger partial charge in [0.25, 0.3) is 5.56 Å². The van der Waals surface area contributed by atoms with Gasteiger partial charge in [-0.05, 0) is 24.3 Å². The zero-order valence-electron chi connectivity index (χ0n) is 12.1. The van der Waals surface area contributed by atoms with E-state index in [9.17, 15) is 18.0 Å². The molecule has 1 heterocycles. The quantitative estimate of drug-likeness (QED) is 0.688. The molecule has 2 aromatic rings. The van der Waals surface area contributed by atoms with Gasteiger partial charge in [0, 0.05) is 12.0 Å². The van der Waals surface area contributed by atoms with E-state index in [-0.39, 0.29) is 23.1 Å². The van der Waals surface area contributed by atoms with Crippen molar-refractivity contribution in [1.82, 2.24) is 9.97 Å². The topological polar surface area (TPSA) is 45.8 Å². The lowest BCUT2D eigenvalue weighted by Gasteiger charge is -2.14. The van der Waals surface area contributed by atoms with Crippen LogP contribution in [0.1, 0.15) is 29.3 Å². The highest BCUT2D eigenvalue weighted by molar-refractivity contribution is 7.98. The molecule has 0 fully saturated rings. The number of halogens is 3. The molecule has 0 saturated heterocycles. The summed E-state index contributed by atoms with van der Waals surface area (Å²) >= 11 is 1.29. The first kappa shape index (κ1) is 16.6. The molecule has 0 saturated carbocycles. The average Bonchev–Trinajstić information content (AvgIpc) is 2.48. The highest BCUT2D eigenvalue weighted by Gasteiger charge is 2.33. The number of aryl methyl sites for hydroxylation is 1. The van der Waals surface area contributed by atoms with Crippen LogP contribution in [0.4, 0.5) is 13.2 Å². The fourth-order valence-corrected chi connectivity index (χ4v) is 2.63. The molecule has 118 valence electrons. The highest BCUT2D eigenvalue weighted by atomic mass is 32.2. The third kappa shape index (κ3) is 3.52. The van der Waals surface area contributed by atoms with Crippen LogP contribution in [0.2, 0.25) is 0 Å². The van der Waals surface area contributed by atoms with Gasteiger partial charge in [-0.2, -0.15) is 13.2 Å². The molecule has 1 aromatic heterocycles. The van der Waals surface area contributed by atoms with E-state index in [1.807, 2.05) is 6.92 Å². The predicted molar refractivity (Wildman–Crippen MR) is 80.3 cm³/mol. The van der Waals surface area contributed by atoms with Crippen LogP contribution in [0.15, 0.2) is 34.2 Å². The summed E-state index contributed by atoms with van der Waals surface area (Å²) < 4.78 is 39.1. The number of rotatable bonds is 4. The Balaban J connectivity index is 2.51. The van der Waals surface area contributed by atoms with Crippen LogP contribution in [-0.4, -0.2) is 16.2 Å². The molecular formula is C15H15F3N2OS. The molecule has 0 unspecified atom stereocenters. The second-order valence-electron chi connectivity index (χ2n) is 4.69. The first-order valence-electron chi connectivity index (χ1n) is 6.68. The molecule has 7 heteroatoms. The molecule has 1 N–H and O–H groups in total. The molecule has 0 aliphatic carbocycles. The van der Waals surface area contributed by atoms with Gasteiger partial charge >= 0.3 is 6.18 Å². The number of thioether (sulfide) groups is 1. The number of nitrogens with zero attached hydrogens (tertiary/aromatic N) is 1. The van der Waals surface area contributed by atoms with E-state index in [4.69, 9.17) is 0 Å². The summed E-state index contributed by atoms with van der Waals surface area (Å²) in [6, 6.07) is 5.30. The fourth-order valence-electron chi connectivity index (χ4n) is 2.23. The van der Waals surface area contributed by atoms with Crippen molar-refractivity contribution in [2.75, 3.05) is 6.26 Å². The minimum Gasteiger partial charge on any atom is -0.301 e. The van der Waals surface area contributed by atoms with E-state index in [2.05, 4.69) is 9.97 Å². The molecule has 1 aromatic carbocycles. The summed E-state index contributed by atoms with van der Waals surface area (Å²) in [5.74, 6) is 0. The zero-order chi connectivity index (χ0) is 16.3. The van der Waals surface area contributed by atoms with Crippen molar-refractivity contribution in [1.29, 1.82) is 0 Å². The Kier molecular flexibility index (Phi) is 4.95. The lowest BCUT2D eigenvalue weighted by atomic mass is 9.98. The smallest absolute Gasteiger partial charge is 0.301 e. The van der Waals surface area contributed by atoms with E-state index < -0.39 is 11.7 Å². The van der Waals surface area contributed by atoms with Gasteiger partial charge in [0.2, 0.25) is 0 Å². The van der Waals surface area contributed by atoms with Gasteiger partial charge < -0.3 is 4.98 Å². The van der Waals surface area contributed by atoms with Gasteiger partial charge in [0.15, 0.2) is 5.16 Å². The van der Waals surface area contributed by atoms with E-state index >= 15 is 0 Å². The zero-order valence-corrected chi connectivity index (χ0v) is 12.9. The Hall–Kier alpha value is -1.76. The van der Waals surface area contributed by atoms with Crippen LogP contribution in [0, 0.1) is 0 Å². The summed E-state index contributed by atoms with van der Waals surface area (Å²) in [5.41, 5.74) is -0.199. The molecule has 0 bridgehead atoms. The number of alkyl halides is 3. The van der Waals surface area contributed by atoms with E-state index in [0.29, 0.717) is 17.3 Å². The van der Waals surface area contributed by atoms with E-state index in [0.717, 1.165) is 6.07 Å². The second-order valence-corrected chi connectivity index (χ2v) is 5.48. The Morgan fingerprint density at radius 1 is 1.27 bits per heavy atom. The Morgan fingerprint density at radius 3 is 2.55 bits per heavy atom. The van der Waals surface area contributed by atoms with Crippen molar-refractivity contribution in [3.05, 3.63) is 57.0 Å². The van der Waals surface area contributed by atoms with Gasteiger partial charge in [0.1, 0.15) is 0 Å². The van der Waals surface area contributed by atoms with Crippen LogP contribution < -0.4 is 5.56 Å². The molecule has 0 aliphatic heterocycles. The maximum absolute atomic E-state index is 13.0. The fraction of sp³-hybridized carbons (Fsp3) is 0.333. The van der Waals surface area contributed by atoms with Crippen molar-refractivity contribution >= 4 is 11.8 Å². The molecule has 0 amide bonds. The van der Waals surface area contributed by atoms with Crippen LogP contribution in [-0.2, 0) is 19.0 Å². The maximum Gasteiger partial charge on any atom is 0.416 e. The highest BCUT2D eigenvalue weighted by Crippen LogP contribution is 2.32. The molecule has 22 heavy (non-hydrogen) atoms. The molecule has 0 spiro atoms. The van der Waals surface area contributed by atoms with E-state index in [1.165, 1.54) is 30.0 Å². The van der Waals surface area contributed by atoms with E-state index in [1.54, 1.807) is 6.26 Å². The van der Waals surface area contributed by atoms with Gasteiger partial charge in [0.05, 0.1) is 11.3 Å². The molecule has 0 aliphatic rings. The molecule has 0 radical (unpaired) electrons. The SMILES string of the molecule is CCc1nc(SC)[nH]c(=O)c1Cc1ccccc1C(F)(F)F. The number of benzene rings is 1. The molecular weight excluding hydrogens is 313 g/mol. The number of aromatic nitrogens is 2. The van der Waals surface area contributed by atoms with Gasteiger partial charge in [-0.15, -0.1) is 0 Å². The standard InChI is InChI=1S/C15H15F3N2OS/c1-3-12-10(13(21)20-14(19-12)22-2)8-9-6-4-5-7-11(9)15(16,17)18/h4-7H,3,8H2,1-2H3,(H,19,20,21). The first-order valence-corrected chi connectivity index (χ1v) is 7.90. The summed E-state index contributed by atoms with van der Waals surface area (Å²) in [6.45, 7) is 1.82.